The monoisotopic (exact) mass is 465 g/mol. The van der Waals surface area contributed by atoms with Crippen molar-refractivity contribution in [2.75, 3.05) is 45.2 Å². The first-order chi connectivity index (χ1) is 15.8. The lowest BCUT2D eigenvalue weighted by Crippen LogP contribution is -2.47. The summed E-state index contributed by atoms with van der Waals surface area (Å²) in [5.74, 6) is 0.452. The van der Waals surface area contributed by atoms with E-state index in [2.05, 4.69) is 70.9 Å². The number of benzene rings is 2. The van der Waals surface area contributed by atoms with E-state index in [1.54, 1.807) is 24.3 Å². The Balaban J connectivity index is 1.66. The van der Waals surface area contributed by atoms with Gasteiger partial charge in [0.25, 0.3) is 11.8 Å². The zero-order valence-electron chi connectivity index (χ0n) is 21.7. The fourth-order valence-corrected chi connectivity index (χ4v) is 3.97. The van der Waals surface area contributed by atoms with Crippen LogP contribution < -0.4 is 10.1 Å². The fourth-order valence-electron chi connectivity index (χ4n) is 3.97. The lowest BCUT2D eigenvalue weighted by molar-refractivity contribution is -0.118. The first-order valence-electron chi connectivity index (χ1n) is 12.0. The molecule has 1 N–H and O–H groups in total. The molecule has 1 aliphatic rings. The molecular weight excluding hydrogens is 426 g/mol. The summed E-state index contributed by atoms with van der Waals surface area (Å²) in [5.41, 5.74) is 3.39. The summed E-state index contributed by atoms with van der Waals surface area (Å²) >= 11 is 0. The van der Waals surface area contributed by atoms with E-state index in [1.807, 2.05) is 11.0 Å². The van der Waals surface area contributed by atoms with Gasteiger partial charge in [0, 0.05) is 37.4 Å². The topological polar surface area (TPSA) is 61.9 Å². The van der Waals surface area contributed by atoms with Crippen LogP contribution in [0.1, 0.15) is 63.0 Å². The molecular formula is C28H39N3O3. The molecule has 6 heteroatoms. The number of hydrogen-bond acceptors (Lipinski definition) is 4. The van der Waals surface area contributed by atoms with Gasteiger partial charge in [-0.25, -0.2) is 0 Å². The number of ether oxygens (including phenoxy) is 1. The molecule has 6 nitrogen and oxygen atoms in total. The Labute approximate surface area is 204 Å². The van der Waals surface area contributed by atoms with Gasteiger partial charge in [-0.1, -0.05) is 59.7 Å². The third-order valence-corrected chi connectivity index (χ3v) is 6.20. The third kappa shape index (κ3) is 6.60. The number of nitrogens with one attached hydrogen (secondary N) is 1. The Hall–Kier alpha value is -2.86. The van der Waals surface area contributed by atoms with Crippen LogP contribution in [-0.4, -0.2) is 61.4 Å². The van der Waals surface area contributed by atoms with E-state index in [-0.39, 0.29) is 29.3 Å². The van der Waals surface area contributed by atoms with E-state index in [9.17, 15) is 9.59 Å². The Bertz CT molecular complexity index is 1030. The molecule has 2 aromatic carbocycles. The largest absolute Gasteiger partial charge is 0.483 e. The number of likely N-dealkylation sites (N-methyl/N-ethyl adjacent to an activating group) is 1. The Morgan fingerprint density at radius 2 is 1.59 bits per heavy atom. The van der Waals surface area contributed by atoms with Gasteiger partial charge in [-0.3, -0.25) is 9.59 Å². The normalized spacial score (nSPS) is 15.2. The van der Waals surface area contributed by atoms with Crippen molar-refractivity contribution >= 4 is 17.5 Å². The molecule has 1 saturated heterocycles. The van der Waals surface area contributed by atoms with Crippen molar-refractivity contribution in [1.82, 2.24) is 9.80 Å². The fraction of sp³-hybridized carbons (Fsp3) is 0.500. The summed E-state index contributed by atoms with van der Waals surface area (Å²) in [6, 6.07) is 13.3. The Morgan fingerprint density at radius 3 is 2.21 bits per heavy atom. The summed E-state index contributed by atoms with van der Waals surface area (Å²) in [4.78, 5) is 29.6. The van der Waals surface area contributed by atoms with Crippen LogP contribution in [-0.2, 0) is 15.6 Å². The van der Waals surface area contributed by atoms with Crippen molar-refractivity contribution in [3.05, 3.63) is 59.2 Å². The van der Waals surface area contributed by atoms with E-state index >= 15 is 0 Å². The van der Waals surface area contributed by atoms with E-state index in [0.29, 0.717) is 24.3 Å². The average Bonchev–Trinajstić information content (AvgIpc) is 2.76. The summed E-state index contributed by atoms with van der Waals surface area (Å²) < 4.78 is 5.96. The summed E-state index contributed by atoms with van der Waals surface area (Å²) in [6.07, 6.45) is 0. The first kappa shape index (κ1) is 25.8. The number of carbonyl (C=O) groups excluding carboxylic acids is 2. The molecule has 0 spiro atoms. The van der Waals surface area contributed by atoms with Crippen molar-refractivity contribution in [1.29, 1.82) is 0 Å². The number of hydrogen-bond donors (Lipinski definition) is 1. The molecule has 1 fully saturated rings. The number of carbonyl (C=O) groups is 2. The van der Waals surface area contributed by atoms with Crippen molar-refractivity contribution in [2.24, 2.45) is 0 Å². The van der Waals surface area contributed by atoms with Gasteiger partial charge in [0.05, 0.1) is 0 Å². The van der Waals surface area contributed by atoms with Gasteiger partial charge in [0.2, 0.25) is 0 Å². The molecule has 2 amide bonds. The molecule has 1 heterocycles. The number of rotatable bonds is 5. The lowest BCUT2D eigenvalue weighted by Gasteiger charge is -2.32. The minimum Gasteiger partial charge on any atom is -0.483 e. The predicted octanol–water partition coefficient (Wildman–Crippen LogP) is 4.69. The van der Waals surface area contributed by atoms with Crippen LogP contribution in [0.3, 0.4) is 0 Å². The number of anilines is 1. The SMILES string of the molecule is CN1CCN(C(=O)c2cccc(NC(=O)COc3ccc(C(C)(C)C)cc3C(C)(C)C)c2)CC1. The summed E-state index contributed by atoms with van der Waals surface area (Å²) in [6.45, 7) is 16.0. The third-order valence-electron chi connectivity index (χ3n) is 6.20. The molecule has 0 saturated carbocycles. The predicted molar refractivity (Wildman–Crippen MR) is 138 cm³/mol. The number of nitrogens with zero attached hydrogens (tertiary/aromatic N) is 2. The summed E-state index contributed by atoms with van der Waals surface area (Å²) in [5, 5.41) is 2.87. The standard InChI is InChI=1S/C28H39N3O3/c1-27(2,3)21-11-12-24(23(18-21)28(4,5)6)34-19-25(32)29-22-10-8-9-20(17-22)26(33)31-15-13-30(7)14-16-31/h8-12,17-18H,13-16,19H2,1-7H3,(H,29,32). The zero-order chi connectivity index (χ0) is 25.1. The second kappa shape index (κ2) is 10.2. The highest BCUT2D eigenvalue weighted by molar-refractivity contribution is 5.97. The minimum absolute atomic E-state index is 0.00536. The minimum atomic E-state index is -0.260. The van der Waals surface area contributed by atoms with Gasteiger partial charge in [-0.2, -0.15) is 0 Å². The Morgan fingerprint density at radius 1 is 0.912 bits per heavy atom. The Kier molecular flexibility index (Phi) is 7.71. The molecule has 2 aromatic rings. The lowest BCUT2D eigenvalue weighted by atomic mass is 9.80. The van der Waals surface area contributed by atoms with E-state index < -0.39 is 0 Å². The smallest absolute Gasteiger partial charge is 0.262 e. The van der Waals surface area contributed by atoms with Crippen LogP contribution in [0.25, 0.3) is 0 Å². The molecule has 34 heavy (non-hydrogen) atoms. The zero-order valence-corrected chi connectivity index (χ0v) is 21.7. The van der Waals surface area contributed by atoms with Crippen LogP contribution in [0, 0.1) is 0 Å². The molecule has 0 unspecified atom stereocenters. The molecule has 0 radical (unpaired) electrons. The van der Waals surface area contributed by atoms with E-state index in [4.69, 9.17) is 4.74 Å². The van der Waals surface area contributed by atoms with Gasteiger partial charge in [0.15, 0.2) is 6.61 Å². The molecule has 1 aliphatic heterocycles. The number of amides is 2. The second-order valence-electron chi connectivity index (χ2n) is 11.2. The molecule has 0 aliphatic carbocycles. The second-order valence-corrected chi connectivity index (χ2v) is 11.2. The van der Waals surface area contributed by atoms with Crippen LogP contribution in [0.15, 0.2) is 42.5 Å². The highest BCUT2D eigenvalue weighted by Crippen LogP contribution is 2.35. The average molecular weight is 466 g/mol. The van der Waals surface area contributed by atoms with Crippen molar-refractivity contribution in [3.63, 3.8) is 0 Å². The van der Waals surface area contributed by atoms with Gasteiger partial charge in [-0.05, 0) is 53.3 Å². The molecule has 0 bridgehead atoms. The van der Waals surface area contributed by atoms with Crippen LogP contribution in [0.4, 0.5) is 5.69 Å². The van der Waals surface area contributed by atoms with E-state index in [0.717, 1.165) is 24.4 Å². The van der Waals surface area contributed by atoms with Gasteiger partial charge in [-0.15, -0.1) is 0 Å². The highest BCUT2D eigenvalue weighted by atomic mass is 16.5. The van der Waals surface area contributed by atoms with Crippen LogP contribution in [0.2, 0.25) is 0 Å². The van der Waals surface area contributed by atoms with Gasteiger partial charge >= 0.3 is 0 Å². The maximum Gasteiger partial charge on any atom is 0.262 e. The summed E-state index contributed by atoms with van der Waals surface area (Å²) in [7, 11) is 2.06. The maximum absolute atomic E-state index is 12.9. The van der Waals surface area contributed by atoms with Gasteiger partial charge < -0.3 is 19.9 Å². The van der Waals surface area contributed by atoms with Crippen molar-refractivity contribution in [2.45, 2.75) is 52.4 Å². The van der Waals surface area contributed by atoms with Crippen LogP contribution >= 0.6 is 0 Å². The number of piperazine rings is 1. The van der Waals surface area contributed by atoms with Crippen molar-refractivity contribution < 1.29 is 14.3 Å². The molecule has 3 rings (SSSR count). The highest BCUT2D eigenvalue weighted by Gasteiger charge is 2.24. The maximum atomic E-state index is 12.9. The van der Waals surface area contributed by atoms with Gasteiger partial charge in [0.1, 0.15) is 5.75 Å². The van der Waals surface area contributed by atoms with Crippen LogP contribution in [0.5, 0.6) is 5.75 Å². The van der Waals surface area contributed by atoms with Crippen molar-refractivity contribution in [3.8, 4) is 5.75 Å². The van der Waals surface area contributed by atoms with E-state index in [1.165, 1.54) is 5.56 Å². The quantitative estimate of drug-likeness (QED) is 0.696. The molecule has 0 aromatic heterocycles. The molecule has 0 atom stereocenters. The molecule has 184 valence electrons. The first-order valence-corrected chi connectivity index (χ1v) is 12.0.